The van der Waals surface area contributed by atoms with E-state index in [0.717, 1.165) is 29.5 Å². The second kappa shape index (κ2) is 4.50. The first-order valence-electron chi connectivity index (χ1n) is 8.19. The molecule has 0 aromatic carbocycles. The molecule has 0 aliphatic heterocycles. The number of halogens is 1. The summed E-state index contributed by atoms with van der Waals surface area (Å²) in [5.41, 5.74) is 1.69. The molecule has 0 amide bonds. The average Bonchev–Trinajstić information content (AvgIpc) is 2.99. The number of aromatic nitrogens is 1. The highest BCUT2D eigenvalue weighted by molar-refractivity contribution is 7.15. The smallest absolute Gasteiger partial charge is 0.118 e. The molecule has 0 unspecified atom stereocenters. The van der Waals surface area contributed by atoms with E-state index in [-0.39, 0.29) is 0 Å². The lowest BCUT2D eigenvalue weighted by Crippen LogP contribution is -2.58. The number of nitrogens with zero attached hydrogens (tertiary/aromatic N) is 1. The second-order valence-corrected chi connectivity index (χ2v) is 8.91. The van der Waals surface area contributed by atoms with Crippen molar-refractivity contribution in [2.75, 3.05) is 0 Å². The van der Waals surface area contributed by atoms with Gasteiger partial charge < -0.3 is 5.32 Å². The van der Waals surface area contributed by atoms with Gasteiger partial charge in [0, 0.05) is 29.2 Å². The fourth-order valence-corrected chi connectivity index (χ4v) is 6.77. The minimum atomic E-state index is 0.424. The zero-order chi connectivity index (χ0) is 14.0. The molecule has 4 fully saturated rings. The Kier molecular flexibility index (Phi) is 2.78. The van der Waals surface area contributed by atoms with Crippen LogP contribution in [0.5, 0.6) is 0 Å². The van der Waals surface area contributed by atoms with Gasteiger partial charge in [-0.15, -0.1) is 11.3 Å². The van der Waals surface area contributed by atoms with E-state index in [4.69, 9.17) is 11.6 Å². The third-order valence-electron chi connectivity index (χ3n) is 6.10. The highest BCUT2D eigenvalue weighted by atomic mass is 35.5. The predicted molar refractivity (Wildman–Crippen MR) is 88.0 cm³/mol. The molecule has 0 radical (unpaired) electrons. The molecule has 0 atom stereocenters. The molecular weight excluding hydrogens is 300 g/mol. The molecule has 2 nitrogen and oxygen atoms in total. The van der Waals surface area contributed by atoms with Crippen molar-refractivity contribution in [3.63, 3.8) is 0 Å². The van der Waals surface area contributed by atoms with Crippen molar-refractivity contribution >= 4 is 27.8 Å². The van der Waals surface area contributed by atoms with E-state index >= 15 is 0 Å². The highest BCUT2D eigenvalue weighted by Crippen LogP contribution is 2.55. The lowest BCUT2D eigenvalue weighted by atomic mass is 9.53. The van der Waals surface area contributed by atoms with Crippen LogP contribution in [0.1, 0.15) is 44.1 Å². The molecule has 4 bridgehead atoms. The van der Waals surface area contributed by atoms with Gasteiger partial charge in [0.25, 0.3) is 0 Å². The Morgan fingerprint density at radius 3 is 2.48 bits per heavy atom. The van der Waals surface area contributed by atoms with Gasteiger partial charge in [0.05, 0.1) is 0 Å². The molecule has 1 N–H and O–H groups in total. The van der Waals surface area contributed by atoms with E-state index in [1.54, 1.807) is 11.3 Å². The van der Waals surface area contributed by atoms with Crippen LogP contribution in [0, 0.1) is 17.8 Å². The molecule has 4 saturated carbocycles. The normalized spacial score (nSPS) is 37.7. The van der Waals surface area contributed by atoms with Crippen LogP contribution in [-0.2, 0) is 6.54 Å². The summed E-state index contributed by atoms with van der Waals surface area (Å²) in [5, 5.41) is 6.93. The standard InChI is InChI=1S/C17H21ClN2S/c18-16-14(6-15-20(16)1-2-21-15)10-19-17-7-11-3-12(8-17)5-13(4-11)9-17/h1-2,6,11-13,19H,3-5,7-10H2. The lowest BCUT2D eigenvalue weighted by molar-refractivity contribution is -0.0205. The van der Waals surface area contributed by atoms with Gasteiger partial charge in [0.15, 0.2) is 0 Å². The van der Waals surface area contributed by atoms with E-state index in [9.17, 15) is 0 Å². The molecule has 2 heterocycles. The first kappa shape index (κ1) is 13.0. The third kappa shape index (κ3) is 2.01. The predicted octanol–water partition coefficient (Wildman–Crippen LogP) is 4.71. The molecule has 112 valence electrons. The van der Waals surface area contributed by atoms with Gasteiger partial charge in [-0.1, -0.05) is 11.6 Å². The molecular formula is C17H21ClN2S. The minimum absolute atomic E-state index is 0.424. The van der Waals surface area contributed by atoms with Crippen LogP contribution in [0.15, 0.2) is 17.6 Å². The summed E-state index contributed by atoms with van der Waals surface area (Å²) >= 11 is 8.27. The van der Waals surface area contributed by atoms with Gasteiger partial charge in [-0.3, -0.25) is 4.40 Å². The van der Waals surface area contributed by atoms with Gasteiger partial charge in [0.2, 0.25) is 0 Å². The van der Waals surface area contributed by atoms with Gasteiger partial charge >= 0.3 is 0 Å². The van der Waals surface area contributed by atoms with Crippen LogP contribution in [0.25, 0.3) is 4.83 Å². The summed E-state index contributed by atoms with van der Waals surface area (Å²) in [6, 6.07) is 2.25. The number of hydrogen-bond donors (Lipinski definition) is 1. The molecule has 6 rings (SSSR count). The van der Waals surface area contributed by atoms with Crippen molar-refractivity contribution < 1.29 is 0 Å². The number of hydrogen-bond acceptors (Lipinski definition) is 2. The zero-order valence-corrected chi connectivity index (χ0v) is 13.7. The summed E-state index contributed by atoms with van der Waals surface area (Å²) in [6.07, 6.45) is 10.8. The first-order chi connectivity index (χ1) is 10.2. The summed E-state index contributed by atoms with van der Waals surface area (Å²) in [6.45, 7) is 0.930. The number of thiazole rings is 1. The SMILES string of the molecule is Clc1c(CNC23CC4CC(CC(C4)C2)C3)cc2sccn12. The number of rotatable bonds is 3. The number of nitrogens with one attached hydrogen (secondary N) is 1. The number of fused-ring (bicyclic) bond motifs is 1. The van der Waals surface area contributed by atoms with E-state index in [1.165, 1.54) is 48.9 Å². The van der Waals surface area contributed by atoms with E-state index in [0.29, 0.717) is 5.54 Å². The maximum absolute atomic E-state index is 6.51. The Labute approximate surface area is 134 Å². The van der Waals surface area contributed by atoms with Crippen molar-refractivity contribution in [1.82, 2.24) is 9.72 Å². The van der Waals surface area contributed by atoms with Crippen LogP contribution in [0.2, 0.25) is 5.15 Å². The van der Waals surface area contributed by atoms with Gasteiger partial charge in [-0.25, -0.2) is 0 Å². The first-order valence-corrected chi connectivity index (χ1v) is 9.44. The molecule has 0 saturated heterocycles. The van der Waals surface area contributed by atoms with Crippen LogP contribution in [0.4, 0.5) is 0 Å². The average molecular weight is 321 g/mol. The molecule has 2 aromatic rings. The van der Waals surface area contributed by atoms with Crippen LogP contribution in [-0.4, -0.2) is 9.94 Å². The van der Waals surface area contributed by atoms with E-state index in [1.807, 2.05) is 0 Å². The monoisotopic (exact) mass is 320 g/mol. The Morgan fingerprint density at radius 2 is 1.86 bits per heavy atom. The summed E-state index contributed by atoms with van der Waals surface area (Å²) in [7, 11) is 0. The quantitative estimate of drug-likeness (QED) is 0.866. The van der Waals surface area contributed by atoms with Crippen molar-refractivity contribution in [2.45, 2.75) is 50.6 Å². The highest BCUT2D eigenvalue weighted by Gasteiger charge is 2.50. The van der Waals surface area contributed by atoms with Crippen molar-refractivity contribution in [3.8, 4) is 0 Å². The summed E-state index contributed by atoms with van der Waals surface area (Å²) < 4.78 is 2.10. The largest absolute Gasteiger partial charge is 0.307 e. The topological polar surface area (TPSA) is 16.4 Å². The van der Waals surface area contributed by atoms with Gasteiger partial charge in [-0.2, -0.15) is 0 Å². The van der Waals surface area contributed by atoms with Crippen LogP contribution >= 0.6 is 22.9 Å². The fraction of sp³-hybridized carbons (Fsp3) is 0.647. The van der Waals surface area contributed by atoms with Crippen LogP contribution in [0.3, 0.4) is 0 Å². The molecule has 4 heteroatoms. The summed E-state index contributed by atoms with van der Waals surface area (Å²) in [4.78, 5) is 1.25. The molecule has 21 heavy (non-hydrogen) atoms. The molecule has 4 aliphatic rings. The van der Waals surface area contributed by atoms with Crippen molar-refractivity contribution in [2.24, 2.45) is 17.8 Å². The summed E-state index contributed by atoms with van der Waals surface area (Å²) in [5.74, 6) is 2.99. The molecule has 2 aromatic heterocycles. The van der Waals surface area contributed by atoms with Crippen molar-refractivity contribution in [1.29, 1.82) is 0 Å². The second-order valence-electron chi connectivity index (χ2n) is 7.62. The van der Waals surface area contributed by atoms with Gasteiger partial charge in [-0.05, 0) is 62.3 Å². The van der Waals surface area contributed by atoms with E-state index < -0.39 is 0 Å². The Bertz CT molecular complexity index is 651. The minimum Gasteiger partial charge on any atom is -0.307 e. The van der Waals surface area contributed by atoms with Crippen molar-refractivity contribution in [3.05, 3.63) is 28.4 Å². The Morgan fingerprint density at radius 1 is 1.19 bits per heavy atom. The maximum atomic E-state index is 6.51. The third-order valence-corrected chi connectivity index (χ3v) is 7.34. The maximum Gasteiger partial charge on any atom is 0.118 e. The Balaban J connectivity index is 1.38. The van der Waals surface area contributed by atoms with Crippen LogP contribution < -0.4 is 5.32 Å². The van der Waals surface area contributed by atoms with E-state index in [2.05, 4.69) is 27.4 Å². The fourth-order valence-electron chi connectivity index (χ4n) is 5.65. The molecule has 0 spiro atoms. The Hall–Kier alpha value is -0.510. The van der Waals surface area contributed by atoms with Gasteiger partial charge in [0.1, 0.15) is 9.98 Å². The zero-order valence-electron chi connectivity index (χ0n) is 12.1. The molecule has 4 aliphatic carbocycles. The lowest BCUT2D eigenvalue weighted by Gasteiger charge is -2.57.